The molecule has 17 heavy (non-hydrogen) atoms. The molecule has 0 unspecified atom stereocenters. The van der Waals surface area contributed by atoms with Gasteiger partial charge in [-0.15, -0.1) is 4.72 Å². The summed E-state index contributed by atoms with van der Waals surface area (Å²) in [4.78, 5) is 4.02. The van der Waals surface area contributed by atoms with Crippen molar-refractivity contribution in [2.75, 3.05) is 6.67 Å². The molecule has 6 heteroatoms. The van der Waals surface area contributed by atoms with Crippen LogP contribution in [0.1, 0.15) is 32.5 Å². The Morgan fingerprint density at radius 1 is 1.59 bits per heavy atom. The zero-order valence-electron chi connectivity index (χ0n) is 10.0. The Kier molecular flexibility index (Phi) is 5.19. The van der Waals surface area contributed by atoms with Crippen LogP contribution in [0.25, 0.3) is 0 Å². The fourth-order valence-electron chi connectivity index (χ4n) is 1.09. The molecule has 1 heterocycles. The second-order valence-electron chi connectivity index (χ2n) is 4.60. The van der Waals surface area contributed by atoms with Gasteiger partial charge < -0.3 is 4.55 Å². The molecule has 0 saturated carbocycles. The normalized spacial score (nSPS) is 15.6. The summed E-state index contributed by atoms with van der Waals surface area (Å²) in [5, 5.41) is 0.483. The van der Waals surface area contributed by atoms with Crippen molar-refractivity contribution < 1.29 is 8.94 Å². The van der Waals surface area contributed by atoms with E-state index in [9.17, 15) is 8.94 Å². The topological polar surface area (TPSA) is 48.0 Å². The third kappa shape index (κ3) is 4.43. The van der Waals surface area contributed by atoms with E-state index in [1.807, 2.05) is 20.8 Å². The molecule has 0 aromatic carbocycles. The molecule has 0 bridgehead atoms. The third-order valence-corrected chi connectivity index (χ3v) is 3.91. The summed E-state index contributed by atoms with van der Waals surface area (Å²) in [6.07, 6.45) is 1.50. The molecule has 1 aromatic heterocycles. The SMILES string of the molecule is CC(C)(C)[S@+]([O-])N[C@H](CF)c1cc(Cl)ccn1. The van der Waals surface area contributed by atoms with Gasteiger partial charge in [-0.2, -0.15) is 0 Å². The van der Waals surface area contributed by atoms with Crippen LogP contribution in [0.15, 0.2) is 18.3 Å². The van der Waals surface area contributed by atoms with Crippen molar-refractivity contribution in [2.24, 2.45) is 0 Å². The highest BCUT2D eigenvalue weighted by Gasteiger charge is 2.30. The molecule has 0 amide bonds. The van der Waals surface area contributed by atoms with Crippen LogP contribution < -0.4 is 4.72 Å². The molecule has 3 nitrogen and oxygen atoms in total. The van der Waals surface area contributed by atoms with E-state index in [0.29, 0.717) is 10.7 Å². The van der Waals surface area contributed by atoms with E-state index in [4.69, 9.17) is 11.6 Å². The highest BCUT2D eigenvalue weighted by atomic mass is 35.5. The molecule has 0 aliphatic rings. The first-order chi connectivity index (χ1) is 7.84. The van der Waals surface area contributed by atoms with Crippen molar-refractivity contribution in [1.82, 2.24) is 9.71 Å². The lowest BCUT2D eigenvalue weighted by molar-refractivity contribution is 0.405. The fourth-order valence-corrected chi connectivity index (χ4v) is 2.05. The highest BCUT2D eigenvalue weighted by molar-refractivity contribution is 7.90. The van der Waals surface area contributed by atoms with Gasteiger partial charge in [-0.05, 0) is 32.9 Å². The molecule has 0 aliphatic heterocycles. The summed E-state index contributed by atoms with van der Waals surface area (Å²) in [5.74, 6) is 0. The molecule has 0 fully saturated rings. The van der Waals surface area contributed by atoms with E-state index in [1.165, 1.54) is 6.20 Å². The maximum Gasteiger partial charge on any atom is 0.136 e. The average Bonchev–Trinajstić information content (AvgIpc) is 2.24. The van der Waals surface area contributed by atoms with Crippen LogP contribution in [0.2, 0.25) is 5.02 Å². The van der Waals surface area contributed by atoms with E-state index in [-0.39, 0.29) is 0 Å². The Hall–Kier alpha value is -0.360. The molecule has 96 valence electrons. The Labute approximate surface area is 109 Å². The number of nitrogens with zero attached hydrogens (tertiary/aromatic N) is 1. The van der Waals surface area contributed by atoms with E-state index in [2.05, 4.69) is 9.71 Å². The summed E-state index contributed by atoms with van der Waals surface area (Å²) in [6, 6.07) is 2.48. The van der Waals surface area contributed by atoms with E-state index >= 15 is 0 Å². The molecule has 0 saturated heterocycles. The lowest BCUT2D eigenvalue weighted by atomic mass is 10.2. The van der Waals surface area contributed by atoms with Gasteiger partial charge in [0.2, 0.25) is 0 Å². The first-order valence-electron chi connectivity index (χ1n) is 5.20. The number of hydrogen-bond acceptors (Lipinski definition) is 3. The Morgan fingerprint density at radius 3 is 2.71 bits per heavy atom. The van der Waals surface area contributed by atoms with Crippen molar-refractivity contribution >= 4 is 23.0 Å². The van der Waals surface area contributed by atoms with Crippen LogP contribution >= 0.6 is 11.6 Å². The number of nitrogens with one attached hydrogen (secondary N) is 1. The molecule has 1 N–H and O–H groups in total. The van der Waals surface area contributed by atoms with Crippen LogP contribution in [-0.4, -0.2) is 21.0 Å². The predicted molar refractivity (Wildman–Crippen MR) is 69.0 cm³/mol. The lowest BCUT2D eigenvalue weighted by Gasteiger charge is -2.26. The quantitative estimate of drug-likeness (QED) is 0.862. The van der Waals surface area contributed by atoms with Crippen LogP contribution in [0.3, 0.4) is 0 Å². The summed E-state index contributed by atoms with van der Waals surface area (Å²) in [6.45, 7) is 4.76. The van der Waals surface area contributed by atoms with Gasteiger partial charge in [-0.25, -0.2) is 4.39 Å². The molecule has 1 rings (SSSR count). The number of hydrogen-bond donors (Lipinski definition) is 1. The van der Waals surface area contributed by atoms with Gasteiger partial charge >= 0.3 is 0 Å². The molecule has 0 spiro atoms. The van der Waals surface area contributed by atoms with Crippen molar-refractivity contribution in [3.8, 4) is 0 Å². The fraction of sp³-hybridized carbons (Fsp3) is 0.545. The van der Waals surface area contributed by atoms with Crippen molar-refractivity contribution in [3.63, 3.8) is 0 Å². The number of rotatable bonds is 4. The van der Waals surface area contributed by atoms with Crippen LogP contribution in [-0.2, 0) is 11.4 Å². The van der Waals surface area contributed by atoms with Gasteiger partial charge in [-0.3, -0.25) is 4.98 Å². The minimum absolute atomic E-state index is 0.452. The summed E-state index contributed by atoms with van der Waals surface area (Å²) >= 11 is 4.46. The predicted octanol–water partition coefficient (Wildman–Crippen LogP) is 2.80. The van der Waals surface area contributed by atoms with Crippen LogP contribution in [0.5, 0.6) is 0 Å². The molecular formula is C11H16ClFN2OS. The van der Waals surface area contributed by atoms with Gasteiger partial charge in [0.1, 0.15) is 17.5 Å². The summed E-state index contributed by atoms with van der Waals surface area (Å²) in [5.41, 5.74) is 0.456. The van der Waals surface area contributed by atoms with E-state index < -0.39 is 28.8 Å². The summed E-state index contributed by atoms with van der Waals surface area (Å²) < 4.78 is 27.1. The van der Waals surface area contributed by atoms with Gasteiger partial charge in [0.25, 0.3) is 0 Å². The Balaban J connectivity index is 2.79. The molecule has 0 aliphatic carbocycles. The largest absolute Gasteiger partial charge is 0.598 e. The Morgan fingerprint density at radius 2 is 2.24 bits per heavy atom. The maximum atomic E-state index is 12.9. The average molecular weight is 279 g/mol. The number of pyridine rings is 1. The third-order valence-electron chi connectivity index (χ3n) is 2.06. The monoisotopic (exact) mass is 278 g/mol. The Bertz CT molecular complexity index is 373. The highest BCUT2D eigenvalue weighted by Crippen LogP contribution is 2.20. The van der Waals surface area contributed by atoms with Crippen molar-refractivity contribution in [2.45, 2.75) is 31.6 Å². The second-order valence-corrected chi connectivity index (χ2v) is 7.04. The van der Waals surface area contributed by atoms with Gasteiger partial charge in [0.05, 0.1) is 5.69 Å². The molecule has 0 radical (unpaired) electrons. The van der Waals surface area contributed by atoms with Gasteiger partial charge in [-0.1, -0.05) is 11.6 Å². The van der Waals surface area contributed by atoms with Gasteiger partial charge in [0.15, 0.2) is 0 Å². The summed E-state index contributed by atoms with van der Waals surface area (Å²) in [7, 11) is 0. The van der Waals surface area contributed by atoms with E-state index in [1.54, 1.807) is 12.1 Å². The van der Waals surface area contributed by atoms with E-state index in [0.717, 1.165) is 0 Å². The van der Waals surface area contributed by atoms with Crippen molar-refractivity contribution in [1.29, 1.82) is 0 Å². The van der Waals surface area contributed by atoms with Crippen molar-refractivity contribution in [3.05, 3.63) is 29.0 Å². The van der Waals surface area contributed by atoms with Crippen LogP contribution in [0.4, 0.5) is 4.39 Å². The molecular weight excluding hydrogens is 263 g/mol. The molecule has 2 atom stereocenters. The zero-order valence-corrected chi connectivity index (χ0v) is 11.6. The lowest BCUT2D eigenvalue weighted by Crippen LogP contribution is -2.42. The van der Waals surface area contributed by atoms with Crippen LogP contribution in [0, 0.1) is 0 Å². The first-order valence-corrected chi connectivity index (χ1v) is 6.73. The first kappa shape index (κ1) is 14.7. The number of halogens is 2. The zero-order chi connectivity index (χ0) is 13.1. The smallest absolute Gasteiger partial charge is 0.136 e. The molecule has 1 aromatic rings. The maximum absolute atomic E-state index is 12.9. The number of alkyl halides is 1. The minimum atomic E-state index is -1.35. The minimum Gasteiger partial charge on any atom is -0.598 e. The number of aromatic nitrogens is 1. The van der Waals surface area contributed by atoms with Gasteiger partial charge in [0, 0.05) is 22.6 Å². The standard InChI is InChI=1S/C11H16ClFN2OS/c1-11(2,3)17(16)15-10(7-13)9-6-8(12)4-5-14-9/h4-6,10,15H,7H2,1-3H3/t10-,17+/m1/s1. The second kappa shape index (κ2) is 6.00.